The molecule has 3 rings (SSSR count). The maximum absolute atomic E-state index is 13.0. The van der Waals surface area contributed by atoms with Gasteiger partial charge in [0.1, 0.15) is 0 Å². The van der Waals surface area contributed by atoms with E-state index >= 15 is 0 Å². The van der Waals surface area contributed by atoms with E-state index in [4.69, 9.17) is 27.9 Å². The Bertz CT molecular complexity index is 970. The smallest absolute Gasteiger partial charge is 0.335 e. The first-order valence-corrected chi connectivity index (χ1v) is 11.5. The molecule has 2 aromatic carbocycles. The van der Waals surface area contributed by atoms with Crippen molar-refractivity contribution in [2.24, 2.45) is 5.92 Å². The van der Waals surface area contributed by atoms with E-state index in [0.717, 1.165) is 17.5 Å². The Hall–Kier alpha value is -2.42. The molecule has 1 aliphatic rings. The SMILES string of the molecule is CC(C)CC(=O)OCN1C(=O)N(Cc2ccc(Cl)cc2)SC1NC(=O)c1ccc(Cl)cc1. The van der Waals surface area contributed by atoms with Gasteiger partial charge in [0, 0.05) is 34.0 Å². The van der Waals surface area contributed by atoms with E-state index in [-0.39, 0.29) is 31.0 Å². The number of hydrogen-bond donors (Lipinski definition) is 1. The van der Waals surface area contributed by atoms with Crippen LogP contribution in [0.4, 0.5) is 4.79 Å². The van der Waals surface area contributed by atoms with Crippen molar-refractivity contribution in [1.29, 1.82) is 0 Å². The van der Waals surface area contributed by atoms with Crippen molar-refractivity contribution in [1.82, 2.24) is 14.5 Å². The number of nitrogens with one attached hydrogen (secondary N) is 1. The molecule has 1 aliphatic heterocycles. The van der Waals surface area contributed by atoms with Gasteiger partial charge < -0.3 is 10.1 Å². The molecular formula is C22H23Cl2N3O4S. The molecule has 1 fully saturated rings. The van der Waals surface area contributed by atoms with E-state index in [9.17, 15) is 14.4 Å². The van der Waals surface area contributed by atoms with Crippen molar-refractivity contribution >= 4 is 53.1 Å². The predicted octanol–water partition coefficient (Wildman–Crippen LogP) is 5.14. The molecule has 1 heterocycles. The van der Waals surface area contributed by atoms with E-state index in [1.807, 2.05) is 26.0 Å². The summed E-state index contributed by atoms with van der Waals surface area (Å²) in [5.41, 5.74) is 0.525. The van der Waals surface area contributed by atoms with Gasteiger partial charge in [-0.2, -0.15) is 0 Å². The summed E-state index contributed by atoms with van der Waals surface area (Å²) in [5.74, 6) is -0.650. The van der Waals surface area contributed by atoms with Gasteiger partial charge in [-0.1, -0.05) is 49.2 Å². The van der Waals surface area contributed by atoms with Crippen LogP contribution in [0.5, 0.6) is 0 Å². The lowest BCUT2D eigenvalue weighted by molar-refractivity contribution is -0.148. The van der Waals surface area contributed by atoms with Crippen molar-refractivity contribution in [3.8, 4) is 0 Å². The standard InChI is InChI=1S/C22H23Cl2N3O4S/c1-14(2)11-19(28)31-13-26-21(25-20(29)16-5-9-18(24)10-6-16)32-27(22(26)30)12-15-3-7-17(23)8-4-15/h3-10,14,21H,11-13H2,1-2H3,(H,25,29). The molecular weight excluding hydrogens is 473 g/mol. The number of amides is 3. The Balaban J connectivity index is 1.72. The van der Waals surface area contributed by atoms with E-state index in [1.165, 1.54) is 9.21 Å². The molecule has 3 amide bonds. The molecule has 1 N–H and O–H groups in total. The summed E-state index contributed by atoms with van der Waals surface area (Å²) in [6, 6.07) is 13.2. The zero-order valence-corrected chi connectivity index (χ0v) is 19.9. The Morgan fingerprint density at radius 3 is 2.25 bits per heavy atom. The maximum Gasteiger partial charge on any atom is 0.335 e. The highest BCUT2D eigenvalue weighted by Gasteiger charge is 2.40. The second-order valence-electron chi connectivity index (χ2n) is 7.60. The number of carbonyl (C=O) groups excluding carboxylic acids is 3. The molecule has 2 aromatic rings. The average molecular weight is 496 g/mol. The minimum absolute atomic E-state index is 0.132. The molecule has 0 saturated carbocycles. The summed E-state index contributed by atoms with van der Waals surface area (Å²) in [5, 5.41) is 3.93. The maximum atomic E-state index is 13.0. The normalized spacial score (nSPS) is 15.9. The largest absolute Gasteiger partial charge is 0.444 e. The summed E-state index contributed by atoms with van der Waals surface area (Å²) in [6.07, 6.45) is 0.242. The number of carbonyl (C=O) groups is 3. The van der Waals surface area contributed by atoms with Crippen LogP contribution in [0.3, 0.4) is 0 Å². The molecule has 170 valence electrons. The first kappa shape index (κ1) is 24.2. The third-order valence-corrected chi connectivity index (χ3v) is 6.12. The molecule has 1 unspecified atom stereocenters. The number of halogens is 2. The van der Waals surface area contributed by atoms with Crippen LogP contribution in [-0.2, 0) is 16.1 Å². The monoisotopic (exact) mass is 495 g/mol. The topological polar surface area (TPSA) is 79.0 Å². The van der Waals surface area contributed by atoms with Gasteiger partial charge in [0.25, 0.3) is 5.91 Å². The molecule has 0 aromatic heterocycles. The average Bonchev–Trinajstić information content (AvgIpc) is 3.02. The van der Waals surface area contributed by atoms with Crippen LogP contribution in [0.15, 0.2) is 48.5 Å². The summed E-state index contributed by atoms with van der Waals surface area (Å²) in [6.45, 7) is 3.84. The fourth-order valence-corrected chi connectivity index (χ4v) is 4.22. The molecule has 0 spiro atoms. The zero-order chi connectivity index (χ0) is 23.3. The van der Waals surface area contributed by atoms with Crippen LogP contribution in [0.2, 0.25) is 10.0 Å². The predicted molar refractivity (Wildman–Crippen MR) is 125 cm³/mol. The van der Waals surface area contributed by atoms with Gasteiger partial charge in [0.15, 0.2) is 12.2 Å². The third kappa shape index (κ3) is 6.54. The number of esters is 1. The van der Waals surface area contributed by atoms with Crippen LogP contribution in [-0.4, -0.2) is 39.3 Å². The van der Waals surface area contributed by atoms with E-state index < -0.39 is 11.5 Å². The number of urea groups is 1. The molecule has 7 nitrogen and oxygen atoms in total. The second-order valence-corrected chi connectivity index (χ2v) is 9.57. The number of ether oxygens (including phenoxy) is 1. The molecule has 32 heavy (non-hydrogen) atoms. The quantitative estimate of drug-likeness (QED) is 0.405. The van der Waals surface area contributed by atoms with Crippen molar-refractivity contribution in [3.63, 3.8) is 0 Å². The summed E-state index contributed by atoms with van der Waals surface area (Å²) in [7, 11) is 0. The van der Waals surface area contributed by atoms with E-state index in [1.54, 1.807) is 36.4 Å². The van der Waals surface area contributed by atoms with E-state index in [0.29, 0.717) is 22.2 Å². The zero-order valence-electron chi connectivity index (χ0n) is 17.6. The molecule has 1 saturated heterocycles. The van der Waals surface area contributed by atoms with Crippen molar-refractivity contribution in [2.45, 2.75) is 32.3 Å². The number of nitrogens with zero attached hydrogens (tertiary/aromatic N) is 2. The van der Waals surface area contributed by atoms with Crippen LogP contribution in [0.25, 0.3) is 0 Å². The van der Waals surface area contributed by atoms with Gasteiger partial charge in [0.2, 0.25) is 0 Å². The lowest BCUT2D eigenvalue weighted by atomic mass is 10.1. The Morgan fingerprint density at radius 1 is 1.06 bits per heavy atom. The summed E-state index contributed by atoms with van der Waals surface area (Å²) >= 11 is 13.0. The van der Waals surface area contributed by atoms with Crippen LogP contribution >= 0.6 is 35.1 Å². The molecule has 0 aliphatic carbocycles. The minimum atomic E-state index is -0.746. The first-order valence-electron chi connectivity index (χ1n) is 9.94. The van der Waals surface area contributed by atoms with Crippen molar-refractivity contribution < 1.29 is 19.1 Å². The van der Waals surface area contributed by atoms with Gasteiger partial charge in [-0.25, -0.2) is 4.79 Å². The van der Waals surface area contributed by atoms with Gasteiger partial charge in [-0.05, 0) is 47.9 Å². The number of rotatable bonds is 8. The van der Waals surface area contributed by atoms with Crippen LogP contribution < -0.4 is 5.32 Å². The highest BCUT2D eigenvalue weighted by atomic mass is 35.5. The number of hydrogen-bond acceptors (Lipinski definition) is 5. The highest BCUT2D eigenvalue weighted by molar-refractivity contribution is 7.98. The summed E-state index contributed by atoms with van der Waals surface area (Å²) < 4.78 is 6.80. The fraction of sp³-hybridized carbons (Fsp3) is 0.318. The third-order valence-electron chi connectivity index (χ3n) is 4.51. The first-order chi connectivity index (χ1) is 15.2. The van der Waals surface area contributed by atoms with Crippen molar-refractivity contribution in [2.75, 3.05) is 6.73 Å². The Morgan fingerprint density at radius 2 is 1.66 bits per heavy atom. The molecule has 0 bridgehead atoms. The lowest BCUT2D eigenvalue weighted by Gasteiger charge is -2.22. The Labute approximate surface area is 201 Å². The van der Waals surface area contributed by atoms with Crippen molar-refractivity contribution in [3.05, 3.63) is 69.7 Å². The minimum Gasteiger partial charge on any atom is -0.444 e. The van der Waals surface area contributed by atoms with Gasteiger partial charge in [0.05, 0.1) is 6.54 Å². The van der Waals surface area contributed by atoms with Crippen LogP contribution in [0.1, 0.15) is 36.2 Å². The van der Waals surface area contributed by atoms with Crippen LogP contribution in [0, 0.1) is 5.92 Å². The molecule has 1 atom stereocenters. The highest BCUT2D eigenvalue weighted by Crippen LogP contribution is 2.31. The molecule has 0 radical (unpaired) electrons. The fourth-order valence-electron chi connectivity index (χ4n) is 2.88. The lowest BCUT2D eigenvalue weighted by Crippen LogP contribution is -2.46. The number of benzene rings is 2. The van der Waals surface area contributed by atoms with Gasteiger partial charge >= 0.3 is 12.0 Å². The van der Waals surface area contributed by atoms with Gasteiger partial charge in [-0.3, -0.25) is 18.8 Å². The molecule has 10 heteroatoms. The summed E-state index contributed by atoms with van der Waals surface area (Å²) in [4.78, 5) is 39.1. The second kappa shape index (κ2) is 10.9. The van der Waals surface area contributed by atoms with Gasteiger partial charge in [-0.15, -0.1) is 0 Å². The Kier molecular flexibility index (Phi) is 8.28. The van der Waals surface area contributed by atoms with E-state index in [2.05, 4.69) is 5.32 Å².